The zero-order valence-corrected chi connectivity index (χ0v) is 19.8. The normalized spacial score (nSPS) is 21.8. The van der Waals surface area contributed by atoms with Gasteiger partial charge in [0.15, 0.2) is 11.5 Å². The first-order valence-electron chi connectivity index (χ1n) is 11.5. The predicted molar refractivity (Wildman–Crippen MR) is 125 cm³/mol. The maximum absolute atomic E-state index is 5.90. The van der Waals surface area contributed by atoms with Gasteiger partial charge in [0.2, 0.25) is 5.75 Å². The maximum Gasteiger partial charge on any atom is 0.203 e. The van der Waals surface area contributed by atoms with Gasteiger partial charge >= 0.3 is 0 Å². The summed E-state index contributed by atoms with van der Waals surface area (Å²) >= 11 is 0. The summed E-state index contributed by atoms with van der Waals surface area (Å²) in [6, 6.07) is 13.4. The van der Waals surface area contributed by atoms with Crippen LogP contribution in [0.1, 0.15) is 29.5 Å². The molecule has 4 rings (SSSR count). The summed E-state index contributed by atoms with van der Waals surface area (Å²) in [5.41, 5.74) is 3.86. The lowest BCUT2D eigenvalue weighted by Gasteiger charge is -2.37. The number of fused-ring (bicyclic) bond motifs is 1. The number of methoxy groups -OCH3 is 4. The number of hydrogen-bond acceptors (Lipinski definition) is 6. The third-order valence-corrected chi connectivity index (χ3v) is 6.78. The molecule has 1 saturated heterocycles. The number of nitrogens with zero attached hydrogens (tertiary/aromatic N) is 2. The molecule has 1 fully saturated rings. The van der Waals surface area contributed by atoms with Crippen molar-refractivity contribution in [2.45, 2.75) is 38.3 Å². The Labute approximate surface area is 192 Å². The van der Waals surface area contributed by atoms with Crippen molar-refractivity contribution < 1.29 is 18.9 Å². The highest BCUT2D eigenvalue weighted by Gasteiger charge is 2.35. The van der Waals surface area contributed by atoms with Gasteiger partial charge in [-0.2, -0.15) is 0 Å². The van der Waals surface area contributed by atoms with Gasteiger partial charge in [-0.3, -0.25) is 0 Å². The summed E-state index contributed by atoms with van der Waals surface area (Å²) in [7, 11) is 6.88. The molecule has 2 heterocycles. The summed E-state index contributed by atoms with van der Waals surface area (Å²) in [6.45, 7) is 3.62. The summed E-state index contributed by atoms with van der Waals surface area (Å²) in [6.07, 6.45) is 4.38. The van der Waals surface area contributed by atoms with E-state index < -0.39 is 0 Å². The molecule has 0 aliphatic carbocycles. The molecule has 174 valence electrons. The highest BCUT2D eigenvalue weighted by molar-refractivity contribution is 5.59. The van der Waals surface area contributed by atoms with Crippen molar-refractivity contribution in [3.63, 3.8) is 0 Å². The third kappa shape index (κ3) is 4.72. The van der Waals surface area contributed by atoms with Crippen LogP contribution >= 0.6 is 0 Å². The smallest absolute Gasteiger partial charge is 0.203 e. The van der Waals surface area contributed by atoms with E-state index in [4.69, 9.17) is 18.9 Å². The lowest BCUT2D eigenvalue weighted by atomic mass is 9.91. The van der Waals surface area contributed by atoms with E-state index in [1.54, 1.807) is 28.4 Å². The van der Waals surface area contributed by atoms with E-state index in [0.29, 0.717) is 17.7 Å². The van der Waals surface area contributed by atoms with Crippen LogP contribution in [0, 0.1) is 5.92 Å². The summed E-state index contributed by atoms with van der Waals surface area (Å²) in [5.74, 6) is 2.67. The molecule has 0 aromatic heterocycles. The fourth-order valence-corrected chi connectivity index (χ4v) is 5.38. The molecular formula is C26H36N2O4. The van der Waals surface area contributed by atoms with Crippen molar-refractivity contribution in [1.82, 2.24) is 10.0 Å². The van der Waals surface area contributed by atoms with Crippen molar-refractivity contribution in [2.24, 2.45) is 5.92 Å². The van der Waals surface area contributed by atoms with E-state index in [2.05, 4.69) is 46.4 Å². The minimum Gasteiger partial charge on any atom is -0.493 e. The van der Waals surface area contributed by atoms with E-state index in [9.17, 15) is 0 Å². The molecule has 2 aliphatic rings. The summed E-state index contributed by atoms with van der Waals surface area (Å²) in [4.78, 5) is 0. The van der Waals surface area contributed by atoms with Crippen LogP contribution in [0.2, 0.25) is 0 Å². The monoisotopic (exact) mass is 440 g/mol. The second-order valence-electron chi connectivity index (χ2n) is 8.80. The molecule has 2 aromatic rings. The molecule has 32 heavy (non-hydrogen) atoms. The van der Waals surface area contributed by atoms with Crippen LogP contribution in [-0.4, -0.2) is 64.2 Å². The summed E-state index contributed by atoms with van der Waals surface area (Å²) in [5, 5.41) is 5.07. The third-order valence-electron chi connectivity index (χ3n) is 6.78. The molecule has 0 radical (unpaired) electrons. The van der Waals surface area contributed by atoms with Crippen molar-refractivity contribution in [3.8, 4) is 17.2 Å². The van der Waals surface area contributed by atoms with Gasteiger partial charge in [0.25, 0.3) is 0 Å². The van der Waals surface area contributed by atoms with Gasteiger partial charge in [0.05, 0.1) is 27.9 Å². The lowest BCUT2D eigenvalue weighted by molar-refractivity contribution is -0.0697. The number of rotatable bonds is 8. The Morgan fingerprint density at radius 2 is 1.75 bits per heavy atom. The first kappa shape index (κ1) is 22.9. The standard InChI is InChI=1S/C26H36N2O4/c1-29-18-22-11-8-12-28(22)27-16-20(13-19-9-6-5-7-10-19)14-21-15-24(30-2)26(32-4)25(31-3)23(21)17-27/h5-7,9-10,15,20,22H,8,11-14,16-18H2,1-4H3/t20?,22-/m0/s1. The highest BCUT2D eigenvalue weighted by atomic mass is 16.5. The Morgan fingerprint density at radius 3 is 2.44 bits per heavy atom. The second-order valence-corrected chi connectivity index (χ2v) is 8.80. The Kier molecular flexibility index (Phi) is 7.55. The molecule has 0 saturated carbocycles. The molecule has 6 heteroatoms. The molecule has 2 aliphatic heterocycles. The number of benzene rings is 2. The van der Waals surface area contributed by atoms with Gasteiger partial charge in [-0.1, -0.05) is 30.3 Å². The Morgan fingerprint density at radius 1 is 0.969 bits per heavy atom. The molecule has 0 spiro atoms. The number of hydrazine groups is 1. The van der Waals surface area contributed by atoms with Crippen LogP contribution in [0.3, 0.4) is 0 Å². The second kappa shape index (κ2) is 10.6. The molecule has 0 amide bonds. The van der Waals surface area contributed by atoms with Crippen LogP contribution in [0.15, 0.2) is 36.4 Å². The van der Waals surface area contributed by atoms with Gasteiger partial charge in [-0.25, -0.2) is 10.0 Å². The SMILES string of the molecule is COC[C@@H]1CCCN1N1Cc2c(cc(OC)c(OC)c2OC)CC(Cc2ccccc2)C1. The average Bonchev–Trinajstić information content (AvgIpc) is 3.20. The maximum atomic E-state index is 5.90. The van der Waals surface area contributed by atoms with Crippen LogP contribution in [0.25, 0.3) is 0 Å². The highest BCUT2D eigenvalue weighted by Crippen LogP contribution is 2.44. The molecular weight excluding hydrogens is 404 g/mol. The van der Waals surface area contributed by atoms with Crippen LogP contribution in [0.4, 0.5) is 0 Å². The minimum absolute atomic E-state index is 0.421. The largest absolute Gasteiger partial charge is 0.493 e. The molecule has 0 N–H and O–H groups in total. The van der Waals surface area contributed by atoms with Gasteiger partial charge in [0, 0.05) is 38.3 Å². The molecule has 0 bridgehead atoms. The van der Waals surface area contributed by atoms with E-state index in [-0.39, 0.29) is 0 Å². The van der Waals surface area contributed by atoms with Gasteiger partial charge in [0.1, 0.15) is 0 Å². The Bertz CT molecular complexity index is 889. The topological polar surface area (TPSA) is 43.4 Å². The van der Waals surface area contributed by atoms with Crippen LogP contribution in [0.5, 0.6) is 17.2 Å². The zero-order valence-electron chi connectivity index (χ0n) is 19.8. The van der Waals surface area contributed by atoms with Crippen LogP contribution in [-0.2, 0) is 24.1 Å². The first-order valence-corrected chi connectivity index (χ1v) is 11.5. The van der Waals surface area contributed by atoms with Crippen molar-refractivity contribution in [2.75, 3.05) is 48.1 Å². The zero-order chi connectivity index (χ0) is 22.5. The lowest BCUT2D eigenvalue weighted by Crippen LogP contribution is -2.48. The minimum atomic E-state index is 0.421. The fraction of sp³-hybridized carbons (Fsp3) is 0.538. The first-order chi connectivity index (χ1) is 15.7. The Balaban J connectivity index is 1.73. The quantitative estimate of drug-likeness (QED) is 0.619. The Hall–Kier alpha value is -2.28. The van der Waals surface area contributed by atoms with E-state index in [1.165, 1.54) is 29.5 Å². The fourth-order valence-electron chi connectivity index (χ4n) is 5.38. The predicted octanol–water partition coefficient (Wildman–Crippen LogP) is 3.96. The van der Waals surface area contributed by atoms with E-state index in [1.807, 2.05) is 0 Å². The molecule has 6 nitrogen and oxygen atoms in total. The molecule has 1 unspecified atom stereocenters. The van der Waals surface area contributed by atoms with E-state index in [0.717, 1.165) is 50.6 Å². The van der Waals surface area contributed by atoms with Gasteiger partial charge in [-0.15, -0.1) is 0 Å². The van der Waals surface area contributed by atoms with Gasteiger partial charge in [-0.05, 0) is 48.8 Å². The average molecular weight is 441 g/mol. The van der Waals surface area contributed by atoms with Crippen molar-refractivity contribution in [3.05, 3.63) is 53.1 Å². The molecule has 2 aromatic carbocycles. The van der Waals surface area contributed by atoms with Crippen molar-refractivity contribution >= 4 is 0 Å². The number of ether oxygens (including phenoxy) is 4. The molecule has 2 atom stereocenters. The van der Waals surface area contributed by atoms with E-state index >= 15 is 0 Å². The van der Waals surface area contributed by atoms with Gasteiger partial charge < -0.3 is 18.9 Å². The number of hydrogen-bond donors (Lipinski definition) is 0. The van der Waals surface area contributed by atoms with Crippen molar-refractivity contribution in [1.29, 1.82) is 0 Å². The van der Waals surface area contributed by atoms with Crippen LogP contribution < -0.4 is 14.2 Å². The summed E-state index contributed by atoms with van der Waals surface area (Å²) < 4.78 is 22.8.